The van der Waals surface area contributed by atoms with Gasteiger partial charge >= 0.3 is 0 Å². The van der Waals surface area contributed by atoms with Crippen LogP contribution in [0.2, 0.25) is 0 Å². The Labute approximate surface area is 190 Å². The number of ether oxygens (including phenoxy) is 2. The van der Waals surface area contributed by atoms with Gasteiger partial charge in [0.15, 0.2) is 11.5 Å². The quantitative estimate of drug-likeness (QED) is 0.549. The number of benzene rings is 3. The first-order valence-electron chi connectivity index (χ1n) is 11.1. The van der Waals surface area contributed by atoms with Crippen molar-refractivity contribution in [1.29, 1.82) is 0 Å². The lowest BCUT2D eigenvalue weighted by Crippen LogP contribution is -2.30. The monoisotopic (exact) mass is 429 g/mol. The molecule has 1 fully saturated rings. The van der Waals surface area contributed by atoms with Gasteiger partial charge in [0.25, 0.3) is 0 Å². The molecule has 0 heterocycles. The van der Waals surface area contributed by atoms with Crippen molar-refractivity contribution in [2.24, 2.45) is 5.92 Å². The third kappa shape index (κ3) is 4.22. The minimum absolute atomic E-state index is 0.0571. The van der Waals surface area contributed by atoms with Crippen molar-refractivity contribution in [3.63, 3.8) is 0 Å². The Morgan fingerprint density at radius 2 is 1.44 bits per heavy atom. The number of aryl methyl sites for hydroxylation is 2. The van der Waals surface area contributed by atoms with Crippen LogP contribution in [0.25, 0.3) is 0 Å². The molecule has 1 N–H and O–H groups in total. The van der Waals surface area contributed by atoms with Crippen molar-refractivity contribution in [2.45, 2.75) is 32.1 Å². The van der Waals surface area contributed by atoms with Crippen LogP contribution in [0.4, 0.5) is 0 Å². The predicted molar refractivity (Wildman–Crippen MR) is 128 cm³/mol. The number of carbonyl (C=O) groups is 1. The highest BCUT2D eigenvalue weighted by molar-refractivity contribution is 5.86. The summed E-state index contributed by atoms with van der Waals surface area (Å²) in [6.45, 7) is 4.77. The number of carbonyl (C=O) groups excluding carboxylic acids is 1. The Morgan fingerprint density at radius 3 is 1.97 bits per heavy atom. The molecule has 0 radical (unpaired) electrons. The van der Waals surface area contributed by atoms with E-state index in [-0.39, 0.29) is 17.2 Å². The molecule has 32 heavy (non-hydrogen) atoms. The van der Waals surface area contributed by atoms with Gasteiger partial charge in [-0.05, 0) is 55.5 Å². The Morgan fingerprint density at radius 1 is 0.875 bits per heavy atom. The first-order chi connectivity index (χ1) is 15.5. The molecular weight excluding hydrogens is 398 g/mol. The molecule has 4 rings (SSSR count). The molecule has 1 atom stereocenters. The van der Waals surface area contributed by atoms with E-state index in [4.69, 9.17) is 9.47 Å². The van der Waals surface area contributed by atoms with Gasteiger partial charge in [-0.15, -0.1) is 0 Å². The fourth-order valence-corrected chi connectivity index (χ4v) is 4.58. The first kappa shape index (κ1) is 21.9. The van der Waals surface area contributed by atoms with Crippen LogP contribution in [0.1, 0.15) is 34.2 Å². The van der Waals surface area contributed by atoms with Crippen molar-refractivity contribution < 1.29 is 14.3 Å². The minimum atomic E-state index is -0.241. The maximum absolute atomic E-state index is 13.2. The Hall–Kier alpha value is -3.27. The van der Waals surface area contributed by atoms with Gasteiger partial charge in [0.1, 0.15) is 0 Å². The van der Waals surface area contributed by atoms with Gasteiger partial charge in [-0.2, -0.15) is 0 Å². The number of rotatable bonds is 8. The average molecular weight is 430 g/mol. The molecule has 1 aliphatic carbocycles. The van der Waals surface area contributed by atoms with Crippen LogP contribution in [-0.2, 0) is 16.6 Å². The lowest BCUT2D eigenvalue weighted by atomic mass is 9.85. The summed E-state index contributed by atoms with van der Waals surface area (Å²) in [6, 6.07) is 23.1. The predicted octanol–water partition coefficient (Wildman–Crippen LogP) is 4.99. The lowest BCUT2D eigenvalue weighted by molar-refractivity contribution is -0.122. The van der Waals surface area contributed by atoms with Crippen LogP contribution in [0.3, 0.4) is 0 Å². The fourth-order valence-electron chi connectivity index (χ4n) is 4.58. The smallest absolute Gasteiger partial charge is 0.224 e. The van der Waals surface area contributed by atoms with Crippen LogP contribution in [0, 0.1) is 19.8 Å². The second kappa shape index (κ2) is 9.07. The van der Waals surface area contributed by atoms with E-state index < -0.39 is 0 Å². The van der Waals surface area contributed by atoms with Crippen LogP contribution >= 0.6 is 0 Å². The summed E-state index contributed by atoms with van der Waals surface area (Å²) < 4.78 is 10.7. The topological polar surface area (TPSA) is 47.6 Å². The highest BCUT2D eigenvalue weighted by Gasteiger charge is 2.60. The summed E-state index contributed by atoms with van der Waals surface area (Å²) in [6.07, 6.45) is 1.57. The molecule has 0 bridgehead atoms. The number of nitrogens with one attached hydrogen (secondary N) is 1. The molecule has 0 aromatic heterocycles. The van der Waals surface area contributed by atoms with Crippen molar-refractivity contribution in [2.75, 3.05) is 20.8 Å². The molecule has 1 saturated carbocycles. The highest BCUT2D eigenvalue weighted by atomic mass is 16.5. The van der Waals surface area contributed by atoms with Gasteiger partial charge in [0.05, 0.1) is 20.1 Å². The van der Waals surface area contributed by atoms with Crippen molar-refractivity contribution in [3.8, 4) is 11.5 Å². The van der Waals surface area contributed by atoms with Crippen molar-refractivity contribution >= 4 is 5.91 Å². The molecule has 0 saturated heterocycles. The van der Waals surface area contributed by atoms with Crippen LogP contribution < -0.4 is 14.8 Å². The molecule has 0 unspecified atom stereocenters. The van der Waals surface area contributed by atoms with E-state index in [9.17, 15) is 4.79 Å². The fraction of sp³-hybridized carbons (Fsp3) is 0.321. The largest absolute Gasteiger partial charge is 0.493 e. The molecule has 1 amide bonds. The minimum Gasteiger partial charge on any atom is -0.493 e. The van der Waals surface area contributed by atoms with E-state index >= 15 is 0 Å². The number of methoxy groups -OCH3 is 2. The second-order valence-corrected chi connectivity index (χ2v) is 8.69. The number of amides is 1. The third-order valence-electron chi connectivity index (χ3n) is 6.57. The molecule has 4 nitrogen and oxygen atoms in total. The molecular formula is C28H31NO3. The summed E-state index contributed by atoms with van der Waals surface area (Å²) in [7, 11) is 3.26. The number of hydrogen-bond donors (Lipinski definition) is 1. The summed E-state index contributed by atoms with van der Waals surface area (Å²) >= 11 is 0. The summed E-state index contributed by atoms with van der Waals surface area (Å²) in [5.41, 5.74) is 5.74. The van der Waals surface area contributed by atoms with Crippen LogP contribution in [-0.4, -0.2) is 26.7 Å². The van der Waals surface area contributed by atoms with Gasteiger partial charge in [0.2, 0.25) is 5.91 Å². The van der Waals surface area contributed by atoms with E-state index in [1.54, 1.807) is 14.2 Å². The average Bonchev–Trinajstić information content (AvgIpc) is 3.56. The van der Waals surface area contributed by atoms with E-state index in [0.29, 0.717) is 18.0 Å². The normalized spacial score (nSPS) is 16.3. The third-order valence-corrected chi connectivity index (χ3v) is 6.57. The molecule has 3 aromatic rings. The molecule has 3 aromatic carbocycles. The zero-order valence-electron chi connectivity index (χ0n) is 19.3. The maximum Gasteiger partial charge on any atom is 0.224 e. The molecule has 166 valence electrons. The Balaban J connectivity index is 1.47. The van der Waals surface area contributed by atoms with Gasteiger partial charge in [-0.3, -0.25) is 4.79 Å². The number of hydrogen-bond acceptors (Lipinski definition) is 3. The van der Waals surface area contributed by atoms with Gasteiger partial charge in [0, 0.05) is 12.0 Å². The molecule has 0 aliphatic heterocycles. The summed E-state index contributed by atoms with van der Waals surface area (Å²) in [5, 5.41) is 3.17. The van der Waals surface area contributed by atoms with E-state index in [0.717, 1.165) is 18.4 Å². The first-order valence-corrected chi connectivity index (χ1v) is 11.1. The van der Waals surface area contributed by atoms with Gasteiger partial charge < -0.3 is 14.8 Å². The van der Waals surface area contributed by atoms with Gasteiger partial charge in [-0.1, -0.05) is 65.7 Å². The summed E-state index contributed by atoms with van der Waals surface area (Å²) in [5.74, 6) is 1.47. The maximum atomic E-state index is 13.2. The van der Waals surface area contributed by atoms with Crippen LogP contribution in [0.15, 0.2) is 66.7 Å². The van der Waals surface area contributed by atoms with Crippen molar-refractivity contribution in [3.05, 3.63) is 94.5 Å². The zero-order chi connectivity index (χ0) is 22.7. The van der Waals surface area contributed by atoms with E-state index in [2.05, 4.69) is 67.7 Å². The lowest BCUT2D eigenvalue weighted by Gasteiger charge is -2.19. The standard InChI is InChI=1S/C28H31NO3/c1-19-5-10-22(11-6-19)28(23-12-7-20(2)8-13-23)18-24(28)27(30)29-16-15-21-9-14-25(31-3)26(17-21)32-4/h5-14,17,24H,15-16,18H2,1-4H3,(H,29,30)/t24-/m0/s1. The second-order valence-electron chi connectivity index (χ2n) is 8.69. The molecule has 0 spiro atoms. The van der Waals surface area contributed by atoms with Crippen LogP contribution in [0.5, 0.6) is 11.5 Å². The van der Waals surface area contributed by atoms with E-state index in [1.165, 1.54) is 22.3 Å². The van der Waals surface area contributed by atoms with E-state index in [1.807, 2.05) is 18.2 Å². The Bertz CT molecular complexity index is 1040. The summed E-state index contributed by atoms with van der Waals surface area (Å²) in [4.78, 5) is 13.2. The SMILES string of the molecule is COc1ccc(CCNC(=O)[C@@H]2CC2(c2ccc(C)cc2)c2ccc(C)cc2)cc1OC. The Kier molecular flexibility index (Phi) is 6.22. The zero-order valence-corrected chi connectivity index (χ0v) is 19.3. The highest BCUT2D eigenvalue weighted by Crippen LogP contribution is 2.59. The van der Waals surface area contributed by atoms with Crippen molar-refractivity contribution in [1.82, 2.24) is 5.32 Å². The molecule has 1 aliphatic rings. The van der Waals surface area contributed by atoms with Gasteiger partial charge in [-0.25, -0.2) is 0 Å². The molecule has 4 heteroatoms.